The number of nitrogens with zero attached hydrogens (tertiary/aromatic N) is 4. The van der Waals surface area contributed by atoms with Gasteiger partial charge in [0, 0.05) is 51.6 Å². The third-order valence-electron chi connectivity index (χ3n) is 6.11. The van der Waals surface area contributed by atoms with Gasteiger partial charge in [-0.15, -0.1) is 0 Å². The number of rotatable bonds is 6. The van der Waals surface area contributed by atoms with Crippen molar-refractivity contribution < 1.29 is 9.59 Å². The van der Waals surface area contributed by atoms with Crippen LogP contribution < -0.4 is 10.9 Å². The van der Waals surface area contributed by atoms with Gasteiger partial charge in [0.1, 0.15) is 11.9 Å². The lowest BCUT2D eigenvalue weighted by Crippen LogP contribution is -2.45. The molecule has 0 aliphatic carbocycles. The Kier molecular flexibility index (Phi) is 5.56. The zero-order chi connectivity index (χ0) is 20.5. The number of carbonyl (C=O) groups excluding carboxylic acids is 2. The maximum atomic E-state index is 12.9. The van der Waals surface area contributed by atoms with Gasteiger partial charge in [0.15, 0.2) is 0 Å². The molecule has 3 atom stereocenters. The summed E-state index contributed by atoms with van der Waals surface area (Å²) in [6.07, 6.45) is 1.26. The molecule has 2 aromatic rings. The number of aryl methyl sites for hydroxylation is 1. The molecular formula is C21H30N6O2. The van der Waals surface area contributed by atoms with Crippen molar-refractivity contribution in [3.8, 4) is 0 Å². The number of fused-ring (bicyclic) bond motifs is 1. The molecule has 2 fully saturated rings. The van der Waals surface area contributed by atoms with Crippen LogP contribution in [0.5, 0.6) is 0 Å². The summed E-state index contributed by atoms with van der Waals surface area (Å²) in [5.74, 6) is 1.48. The fourth-order valence-electron chi connectivity index (χ4n) is 4.58. The van der Waals surface area contributed by atoms with E-state index in [0.717, 1.165) is 42.9 Å². The van der Waals surface area contributed by atoms with Crippen molar-refractivity contribution in [3.63, 3.8) is 0 Å². The number of hydrogen-bond acceptors (Lipinski definition) is 5. The van der Waals surface area contributed by atoms with Crippen LogP contribution in [0.2, 0.25) is 0 Å². The van der Waals surface area contributed by atoms with E-state index in [2.05, 4.69) is 26.5 Å². The molecule has 0 spiro atoms. The molecule has 2 amide bonds. The van der Waals surface area contributed by atoms with Crippen LogP contribution in [0, 0.1) is 12.8 Å². The Balaban J connectivity index is 1.34. The van der Waals surface area contributed by atoms with Gasteiger partial charge in [0.25, 0.3) is 0 Å². The summed E-state index contributed by atoms with van der Waals surface area (Å²) in [6, 6.07) is 8.02. The van der Waals surface area contributed by atoms with Gasteiger partial charge in [-0.3, -0.25) is 15.0 Å². The predicted molar refractivity (Wildman–Crippen MR) is 111 cm³/mol. The summed E-state index contributed by atoms with van der Waals surface area (Å²) in [5, 5.41) is 0. The van der Waals surface area contributed by atoms with E-state index in [1.54, 1.807) is 4.90 Å². The maximum absolute atomic E-state index is 12.9. The number of hydrazine groups is 1. The highest BCUT2D eigenvalue weighted by atomic mass is 16.2. The SMILES string of the molecule is CCN1CC(CN(C)C(=O)C2CC(Cn3c(C)nc4ccccc43)NN2)CC1=O. The molecule has 1 aromatic carbocycles. The van der Waals surface area contributed by atoms with Crippen LogP contribution in [-0.2, 0) is 16.1 Å². The molecule has 156 valence electrons. The molecule has 0 radical (unpaired) electrons. The number of carbonyl (C=O) groups is 2. The normalized spacial score (nSPS) is 24.6. The topological polar surface area (TPSA) is 82.5 Å². The van der Waals surface area contributed by atoms with Crippen molar-refractivity contribution in [2.45, 2.75) is 45.3 Å². The predicted octanol–water partition coefficient (Wildman–Crippen LogP) is 0.907. The van der Waals surface area contributed by atoms with Crippen LogP contribution >= 0.6 is 0 Å². The minimum Gasteiger partial charge on any atom is -0.344 e. The highest BCUT2D eigenvalue weighted by Crippen LogP contribution is 2.20. The van der Waals surface area contributed by atoms with Crippen LogP contribution in [0.25, 0.3) is 11.0 Å². The average molecular weight is 399 g/mol. The number of aromatic nitrogens is 2. The van der Waals surface area contributed by atoms with Crippen molar-refractivity contribution in [1.29, 1.82) is 0 Å². The summed E-state index contributed by atoms with van der Waals surface area (Å²) in [5.41, 5.74) is 8.56. The zero-order valence-corrected chi connectivity index (χ0v) is 17.4. The molecular weight excluding hydrogens is 368 g/mol. The monoisotopic (exact) mass is 398 g/mol. The van der Waals surface area contributed by atoms with E-state index >= 15 is 0 Å². The van der Waals surface area contributed by atoms with E-state index < -0.39 is 0 Å². The zero-order valence-electron chi connectivity index (χ0n) is 17.4. The number of likely N-dealkylation sites (tertiary alicyclic amines) is 1. The van der Waals surface area contributed by atoms with Crippen LogP contribution in [0.3, 0.4) is 0 Å². The Hall–Kier alpha value is -2.45. The van der Waals surface area contributed by atoms with Gasteiger partial charge in [0.05, 0.1) is 11.0 Å². The van der Waals surface area contributed by atoms with E-state index in [0.29, 0.717) is 13.0 Å². The quantitative estimate of drug-likeness (QED) is 0.756. The summed E-state index contributed by atoms with van der Waals surface area (Å²) < 4.78 is 2.20. The lowest BCUT2D eigenvalue weighted by Gasteiger charge is -2.24. The average Bonchev–Trinajstić information content (AvgIpc) is 3.39. The Bertz CT molecular complexity index is 910. The van der Waals surface area contributed by atoms with E-state index in [1.165, 1.54) is 0 Å². The second-order valence-corrected chi connectivity index (χ2v) is 8.25. The third kappa shape index (κ3) is 4.00. The van der Waals surface area contributed by atoms with Gasteiger partial charge in [-0.05, 0) is 32.4 Å². The molecule has 8 heteroatoms. The minimum atomic E-state index is -0.250. The summed E-state index contributed by atoms with van der Waals surface area (Å²) in [6.45, 7) is 6.88. The van der Waals surface area contributed by atoms with Crippen LogP contribution in [0.15, 0.2) is 24.3 Å². The summed E-state index contributed by atoms with van der Waals surface area (Å²) >= 11 is 0. The first-order valence-corrected chi connectivity index (χ1v) is 10.4. The number of amides is 2. The molecule has 29 heavy (non-hydrogen) atoms. The molecule has 2 aliphatic rings. The molecule has 3 unspecified atom stereocenters. The van der Waals surface area contributed by atoms with E-state index in [1.807, 2.05) is 44.0 Å². The lowest BCUT2D eigenvalue weighted by molar-refractivity contribution is -0.132. The second kappa shape index (κ2) is 8.12. The smallest absolute Gasteiger partial charge is 0.240 e. The highest BCUT2D eigenvalue weighted by Gasteiger charge is 2.34. The number of para-hydroxylation sites is 2. The fourth-order valence-corrected chi connectivity index (χ4v) is 4.58. The second-order valence-electron chi connectivity index (χ2n) is 8.25. The number of imidazole rings is 1. The summed E-state index contributed by atoms with van der Waals surface area (Å²) in [4.78, 5) is 33.1. The van der Waals surface area contributed by atoms with E-state index in [9.17, 15) is 9.59 Å². The third-order valence-corrected chi connectivity index (χ3v) is 6.11. The largest absolute Gasteiger partial charge is 0.344 e. The summed E-state index contributed by atoms with van der Waals surface area (Å²) in [7, 11) is 1.84. The number of likely N-dealkylation sites (N-methyl/N-ethyl adjacent to an activating group) is 1. The standard InChI is InChI=1S/C21H30N6O2/c1-4-26-12-15(9-20(26)28)11-25(3)21(29)18-10-16(23-24-18)13-27-14(2)22-17-7-5-6-8-19(17)27/h5-8,15-16,18,23-24H,4,9-13H2,1-3H3. The Morgan fingerprint density at radius 2 is 2.10 bits per heavy atom. The van der Waals surface area contributed by atoms with Crippen molar-refractivity contribution in [3.05, 3.63) is 30.1 Å². The molecule has 8 nitrogen and oxygen atoms in total. The van der Waals surface area contributed by atoms with Crippen molar-refractivity contribution in [2.75, 3.05) is 26.7 Å². The molecule has 0 saturated carbocycles. The molecule has 0 bridgehead atoms. The van der Waals surface area contributed by atoms with E-state index in [-0.39, 0.29) is 29.8 Å². The van der Waals surface area contributed by atoms with Crippen LogP contribution in [0.1, 0.15) is 25.6 Å². The van der Waals surface area contributed by atoms with Gasteiger partial charge in [-0.25, -0.2) is 10.4 Å². The van der Waals surface area contributed by atoms with E-state index in [4.69, 9.17) is 0 Å². The highest BCUT2D eigenvalue weighted by molar-refractivity contribution is 5.82. The number of benzene rings is 1. The van der Waals surface area contributed by atoms with Gasteiger partial charge < -0.3 is 14.4 Å². The minimum absolute atomic E-state index is 0.0783. The van der Waals surface area contributed by atoms with Gasteiger partial charge in [0.2, 0.25) is 11.8 Å². The van der Waals surface area contributed by atoms with Crippen LogP contribution in [0.4, 0.5) is 0 Å². The van der Waals surface area contributed by atoms with Crippen LogP contribution in [-0.4, -0.2) is 69.9 Å². The van der Waals surface area contributed by atoms with Crippen molar-refractivity contribution in [2.24, 2.45) is 5.92 Å². The lowest BCUT2D eigenvalue weighted by atomic mass is 10.1. The molecule has 3 heterocycles. The molecule has 2 aliphatic heterocycles. The Morgan fingerprint density at radius 3 is 2.86 bits per heavy atom. The van der Waals surface area contributed by atoms with Gasteiger partial charge in [-0.2, -0.15) is 0 Å². The molecule has 2 N–H and O–H groups in total. The number of nitrogens with one attached hydrogen (secondary N) is 2. The first-order valence-electron chi connectivity index (χ1n) is 10.4. The Labute approximate surface area is 171 Å². The first kappa shape index (κ1) is 19.8. The molecule has 1 aromatic heterocycles. The van der Waals surface area contributed by atoms with Crippen molar-refractivity contribution >= 4 is 22.8 Å². The molecule has 2 saturated heterocycles. The fraction of sp³-hybridized carbons (Fsp3) is 0.571. The molecule has 4 rings (SSSR count). The van der Waals surface area contributed by atoms with Crippen molar-refractivity contribution in [1.82, 2.24) is 30.2 Å². The number of hydrogen-bond donors (Lipinski definition) is 2. The first-order chi connectivity index (χ1) is 14.0. The maximum Gasteiger partial charge on any atom is 0.240 e. The Morgan fingerprint density at radius 1 is 1.31 bits per heavy atom. The van der Waals surface area contributed by atoms with Gasteiger partial charge >= 0.3 is 0 Å². The van der Waals surface area contributed by atoms with Gasteiger partial charge in [-0.1, -0.05) is 12.1 Å².